The van der Waals surface area contributed by atoms with Gasteiger partial charge in [-0.25, -0.2) is 0 Å². The number of nitrogens with one attached hydrogen (secondary N) is 2. The number of rotatable bonds is 7. The first-order valence-electron chi connectivity index (χ1n) is 8.22. The van der Waals surface area contributed by atoms with Gasteiger partial charge in [0.1, 0.15) is 11.5 Å². The zero-order valence-electron chi connectivity index (χ0n) is 14.7. The predicted octanol–water partition coefficient (Wildman–Crippen LogP) is 4.61. The van der Waals surface area contributed by atoms with E-state index in [1.54, 1.807) is 25.3 Å². The van der Waals surface area contributed by atoms with Crippen molar-refractivity contribution < 1.29 is 14.3 Å². The van der Waals surface area contributed by atoms with Crippen LogP contribution in [0.4, 0.5) is 5.69 Å². The SMILES string of the molecule is CCCCOc1cccc(NC(=S)NC(=O)c2ccc(OC)c(I)c2)c1. The molecule has 0 saturated heterocycles. The van der Waals surface area contributed by atoms with Crippen LogP contribution in [-0.4, -0.2) is 24.7 Å². The Balaban J connectivity index is 1.94. The molecule has 2 aromatic rings. The van der Waals surface area contributed by atoms with E-state index in [-0.39, 0.29) is 11.0 Å². The van der Waals surface area contributed by atoms with Crippen LogP contribution < -0.4 is 20.1 Å². The predicted molar refractivity (Wildman–Crippen MR) is 116 cm³/mol. The van der Waals surface area contributed by atoms with Gasteiger partial charge in [-0.05, 0) is 71.6 Å². The Morgan fingerprint density at radius 2 is 2.04 bits per heavy atom. The molecule has 0 unspecified atom stereocenters. The largest absolute Gasteiger partial charge is 0.496 e. The normalized spacial score (nSPS) is 10.1. The number of carbonyl (C=O) groups is 1. The number of methoxy groups -OCH3 is 1. The first kappa shape index (κ1) is 20.4. The number of hydrogen-bond donors (Lipinski definition) is 2. The summed E-state index contributed by atoms with van der Waals surface area (Å²) in [5.74, 6) is 1.21. The van der Waals surface area contributed by atoms with Crippen molar-refractivity contribution in [3.8, 4) is 11.5 Å². The number of thiocarbonyl (C=S) groups is 1. The molecule has 5 nitrogen and oxygen atoms in total. The van der Waals surface area contributed by atoms with Gasteiger partial charge in [-0.3, -0.25) is 10.1 Å². The van der Waals surface area contributed by atoms with Crippen molar-refractivity contribution in [3.63, 3.8) is 0 Å². The molecule has 0 heterocycles. The van der Waals surface area contributed by atoms with Crippen molar-refractivity contribution >= 4 is 51.5 Å². The minimum absolute atomic E-state index is 0.228. The summed E-state index contributed by atoms with van der Waals surface area (Å²) in [7, 11) is 1.59. The van der Waals surface area contributed by atoms with Gasteiger partial charge in [-0.1, -0.05) is 19.4 Å². The average Bonchev–Trinajstić information content (AvgIpc) is 2.62. The van der Waals surface area contributed by atoms with E-state index in [0.717, 1.165) is 33.6 Å². The van der Waals surface area contributed by atoms with Gasteiger partial charge in [0.05, 0.1) is 17.3 Å². The van der Waals surface area contributed by atoms with Crippen LogP contribution in [0.25, 0.3) is 0 Å². The molecule has 0 fully saturated rings. The molecule has 7 heteroatoms. The summed E-state index contributed by atoms with van der Waals surface area (Å²) in [5, 5.41) is 5.91. The second-order valence-corrected chi connectivity index (χ2v) is 7.06. The lowest BCUT2D eigenvalue weighted by Gasteiger charge is -2.12. The molecule has 0 atom stereocenters. The summed E-state index contributed by atoms with van der Waals surface area (Å²) in [6.45, 7) is 2.80. The lowest BCUT2D eigenvalue weighted by atomic mass is 10.2. The molecule has 0 aliphatic rings. The number of unbranched alkanes of at least 4 members (excludes halogenated alkanes) is 1. The Labute approximate surface area is 172 Å². The Hall–Kier alpha value is -1.87. The monoisotopic (exact) mass is 484 g/mol. The Morgan fingerprint density at radius 1 is 1.23 bits per heavy atom. The first-order chi connectivity index (χ1) is 12.5. The smallest absolute Gasteiger partial charge is 0.257 e. The third-order valence-electron chi connectivity index (χ3n) is 3.50. The molecule has 0 radical (unpaired) electrons. The number of anilines is 1. The molecule has 0 bridgehead atoms. The van der Waals surface area contributed by atoms with Crippen LogP contribution in [0.2, 0.25) is 0 Å². The Kier molecular flexibility index (Phi) is 8.11. The van der Waals surface area contributed by atoms with Crippen molar-refractivity contribution in [2.45, 2.75) is 19.8 Å². The summed E-state index contributed by atoms with van der Waals surface area (Å²) >= 11 is 7.35. The molecule has 0 aromatic heterocycles. The molecule has 0 saturated carbocycles. The molecule has 26 heavy (non-hydrogen) atoms. The topological polar surface area (TPSA) is 59.6 Å². The fourth-order valence-electron chi connectivity index (χ4n) is 2.14. The molecule has 138 valence electrons. The zero-order valence-corrected chi connectivity index (χ0v) is 17.6. The van der Waals surface area contributed by atoms with Crippen LogP contribution in [0.15, 0.2) is 42.5 Å². The van der Waals surface area contributed by atoms with E-state index < -0.39 is 0 Å². The molecule has 0 aliphatic heterocycles. The first-order valence-corrected chi connectivity index (χ1v) is 9.71. The molecule has 2 aromatic carbocycles. The van der Waals surface area contributed by atoms with Crippen LogP contribution in [0, 0.1) is 3.57 Å². The average molecular weight is 484 g/mol. The van der Waals surface area contributed by atoms with Crippen LogP contribution >= 0.6 is 34.8 Å². The Bertz CT molecular complexity index is 783. The van der Waals surface area contributed by atoms with Crippen LogP contribution in [0.1, 0.15) is 30.1 Å². The standard InChI is InChI=1S/C19H21IN2O3S/c1-3-4-10-25-15-7-5-6-14(12-15)21-19(26)22-18(23)13-8-9-17(24-2)16(20)11-13/h5-9,11-12H,3-4,10H2,1-2H3,(H2,21,22,23,26). The highest BCUT2D eigenvalue weighted by Crippen LogP contribution is 2.21. The lowest BCUT2D eigenvalue weighted by Crippen LogP contribution is -2.34. The third-order valence-corrected chi connectivity index (χ3v) is 4.55. The van der Waals surface area contributed by atoms with Gasteiger partial charge in [0.15, 0.2) is 5.11 Å². The number of benzene rings is 2. The summed E-state index contributed by atoms with van der Waals surface area (Å²) in [6, 6.07) is 12.7. The zero-order chi connectivity index (χ0) is 18.9. The van der Waals surface area contributed by atoms with E-state index in [4.69, 9.17) is 21.7 Å². The Morgan fingerprint density at radius 3 is 2.73 bits per heavy atom. The van der Waals surface area contributed by atoms with Crippen LogP contribution in [-0.2, 0) is 0 Å². The van der Waals surface area contributed by atoms with Gasteiger partial charge in [0.2, 0.25) is 0 Å². The van der Waals surface area contributed by atoms with Gasteiger partial charge in [-0.15, -0.1) is 0 Å². The van der Waals surface area contributed by atoms with E-state index in [0.29, 0.717) is 12.2 Å². The number of hydrogen-bond acceptors (Lipinski definition) is 4. The van der Waals surface area contributed by atoms with Crippen molar-refractivity contribution in [2.75, 3.05) is 19.0 Å². The van der Waals surface area contributed by atoms with Crippen molar-refractivity contribution in [1.82, 2.24) is 5.32 Å². The quantitative estimate of drug-likeness (QED) is 0.342. The minimum Gasteiger partial charge on any atom is -0.496 e. The van der Waals surface area contributed by atoms with Gasteiger partial charge < -0.3 is 14.8 Å². The highest BCUT2D eigenvalue weighted by molar-refractivity contribution is 14.1. The fraction of sp³-hybridized carbons (Fsp3) is 0.263. The van der Waals surface area contributed by atoms with E-state index in [1.807, 2.05) is 24.3 Å². The molecular weight excluding hydrogens is 463 g/mol. The molecular formula is C19H21IN2O3S. The number of ether oxygens (including phenoxy) is 2. The van der Waals surface area contributed by atoms with Gasteiger partial charge in [0, 0.05) is 17.3 Å². The second-order valence-electron chi connectivity index (χ2n) is 5.49. The summed E-state index contributed by atoms with van der Waals surface area (Å²) < 4.78 is 11.7. The van der Waals surface area contributed by atoms with Gasteiger partial charge in [-0.2, -0.15) is 0 Å². The maximum atomic E-state index is 12.3. The van der Waals surface area contributed by atoms with Crippen LogP contribution in [0.3, 0.4) is 0 Å². The number of halogens is 1. The van der Waals surface area contributed by atoms with E-state index in [1.165, 1.54) is 0 Å². The van der Waals surface area contributed by atoms with Crippen molar-refractivity contribution in [1.29, 1.82) is 0 Å². The highest BCUT2D eigenvalue weighted by atomic mass is 127. The second kappa shape index (κ2) is 10.3. The highest BCUT2D eigenvalue weighted by Gasteiger charge is 2.11. The molecule has 0 aliphatic carbocycles. The van der Waals surface area contributed by atoms with Crippen molar-refractivity contribution in [2.24, 2.45) is 0 Å². The van der Waals surface area contributed by atoms with Gasteiger partial charge in [0.25, 0.3) is 5.91 Å². The lowest BCUT2D eigenvalue weighted by molar-refractivity contribution is 0.0977. The summed E-state index contributed by atoms with van der Waals surface area (Å²) in [6.07, 6.45) is 2.09. The summed E-state index contributed by atoms with van der Waals surface area (Å²) in [5.41, 5.74) is 1.27. The third kappa shape index (κ3) is 6.14. The van der Waals surface area contributed by atoms with Gasteiger partial charge >= 0.3 is 0 Å². The molecule has 2 rings (SSSR count). The fourth-order valence-corrected chi connectivity index (χ4v) is 3.09. The maximum Gasteiger partial charge on any atom is 0.257 e. The van der Waals surface area contributed by atoms with E-state index in [2.05, 4.69) is 40.1 Å². The minimum atomic E-state index is -0.279. The number of carbonyl (C=O) groups excluding carboxylic acids is 1. The van der Waals surface area contributed by atoms with Crippen molar-refractivity contribution in [3.05, 3.63) is 51.6 Å². The molecule has 2 N–H and O–H groups in total. The van der Waals surface area contributed by atoms with Crippen LogP contribution in [0.5, 0.6) is 11.5 Å². The molecule has 1 amide bonds. The molecule has 0 spiro atoms. The van der Waals surface area contributed by atoms with E-state index >= 15 is 0 Å². The summed E-state index contributed by atoms with van der Waals surface area (Å²) in [4.78, 5) is 12.3. The number of amides is 1. The maximum absolute atomic E-state index is 12.3. The van der Waals surface area contributed by atoms with E-state index in [9.17, 15) is 4.79 Å².